The van der Waals surface area contributed by atoms with Crippen LogP contribution in [0.15, 0.2) is 0 Å². The fraction of sp³-hybridized carbons (Fsp3) is 1.00. The number of rotatable bonds is 4. The van der Waals surface area contributed by atoms with Gasteiger partial charge < -0.3 is 0 Å². The molecule has 1 fully saturated rings. The van der Waals surface area contributed by atoms with Crippen LogP contribution in [0.2, 0.25) is 0 Å². The first kappa shape index (κ1) is 15.2. The van der Waals surface area contributed by atoms with Crippen LogP contribution in [0.25, 0.3) is 0 Å². The maximum Gasteiger partial charge on any atom is 0.214 e. The van der Waals surface area contributed by atoms with E-state index in [2.05, 4.69) is 18.7 Å². The average Bonchev–Trinajstić information content (AvgIpc) is 2.21. The summed E-state index contributed by atoms with van der Waals surface area (Å²) in [5, 5.41) is 0. The first-order chi connectivity index (χ1) is 7.69. The smallest absolute Gasteiger partial charge is 0.214 e. The van der Waals surface area contributed by atoms with Crippen LogP contribution in [0.4, 0.5) is 0 Å². The Hall–Kier alpha value is 0.160. The minimum atomic E-state index is -3.17. The van der Waals surface area contributed by atoms with Crippen molar-refractivity contribution in [3.05, 3.63) is 0 Å². The van der Waals surface area contributed by atoms with Gasteiger partial charge in [0.1, 0.15) is 0 Å². The quantitative estimate of drug-likeness (QED) is 0.728. The van der Waals surface area contributed by atoms with E-state index in [1.54, 1.807) is 4.31 Å². The highest BCUT2D eigenvalue weighted by atomic mass is 35.5. The summed E-state index contributed by atoms with van der Waals surface area (Å²) in [6.45, 7) is 7.92. The van der Waals surface area contributed by atoms with Gasteiger partial charge in [0.05, 0.1) is 5.75 Å². The molecule has 0 spiro atoms. The Bertz CT molecular complexity index is 356. The third kappa shape index (κ3) is 3.81. The van der Waals surface area contributed by atoms with Crippen LogP contribution in [0.1, 0.15) is 20.8 Å². The summed E-state index contributed by atoms with van der Waals surface area (Å²) >= 11 is 5.68. The molecule has 102 valence electrons. The fourth-order valence-corrected chi connectivity index (χ4v) is 4.10. The molecule has 1 unspecified atom stereocenters. The average molecular weight is 283 g/mol. The molecule has 0 aromatic heterocycles. The maximum absolute atomic E-state index is 12.2. The molecule has 6 heteroatoms. The van der Waals surface area contributed by atoms with E-state index >= 15 is 0 Å². The molecule has 0 aromatic rings. The SMILES string of the molecule is CC(CCl)CS(=O)(=O)N1CCN(C)C(C)(C)C1. The zero-order valence-corrected chi connectivity index (χ0v) is 12.7. The predicted octanol–water partition coefficient (Wildman–Crippen LogP) is 1.22. The normalized spacial score (nSPS) is 24.8. The highest BCUT2D eigenvalue weighted by molar-refractivity contribution is 7.89. The third-order valence-corrected chi connectivity index (χ3v) is 6.05. The summed E-state index contributed by atoms with van der Waals surface area (Å²) in [5.74, 6) is 0.538. The molecule has 0 aromatic carbocycles. The van der Waals surface area contributed by atoms with E-state index in [-0.39, 0.29) is 17.2 Å². The van der Waals surface area contributed by atoms with E-state index < -0.39 is 10.0 Å². The summed E-state index contributed by atoms with van der Waals surface area (Å²) < 4.78 is 26.0. The molecule has 1 aliphatic rings. The Balaban J connectivity index is 2.74. The predicted molar refractivity (Wildman–Crippen MR) is 72.0 cm³/mol. The molecule has 17 heavy (non-hydrogen) atoms. The van der Waals surface area contributed by atoms with Crippen molar-refractivity contribution in [2.75, 3.05) is 38.3 Å². The lowest BCUT2D eigenvalue weighted by Crippen LogP contribution is -2.59. The van der Waals surface area contributed by atoms with Gasteiger partial charge in [-0.15, -0.1) is 11.6 Å². The Labute approximate surface area is 110 Å². The second-order valence-corrected chi connectivity index (χ2v) is 7.93. The van der Waals surface area contributed by atoms with Gasteiger partial charge in [-0.2, -0.15) is 4.31 Å². The molecule has 1 rings (SSSR count). The lowest BCUT2D eigenvalue weighted by atomic mass is 10.0. The van der Waals surface area contributed by atoms with E-state index in [0.29, 0.717) is 19.0 Å². The Morgan fingerprint density at radius 1 is 1.35 bits per heavy atom. The molecule has 1 heterocycles. The minimum absolute atomic E-state index is 0.00411. The number of halogens is 1. The molecule has 0 N–H and O–H groups in total. The van der Waals surface area contributed by atoms with Crippen molar-refractivity contribution in [3.8, 4) is 0 Å². The molecule has 1 aliphatic heterocycles. The molecular weight excluding hydrogens is 260 g/mol. The van der Waals surface area contributed by atoms with Gasteiger partial charge in [0, 0.05) is 31.1 Å². The molecule has 0 amide bonds. The van der Waals surface area contributed by atoms with E-state index in [1.807, 2.05) is 14.0 Å². The van der Waals surface area contributed by atoms with Gasteiger partial charge in [-0.05, 0) is 26.8 Å². The van der Waals surface area contributed by atoms with Crippen molar-refractivity contribution in [1.82, 2.24) is 9.21 Å². The van der Waals surface area contributed by atoms with Crippen molar-refractivity contribution in [2.45, 2.75) is 26.3 Å². The Morgan fingerprint density at radius 2 is 1.94 bits per heavy atom. The van der Waals surface area contributed by atoms with Crippen molar-refractivity contribution in [1.29, 1.82) is 0 Å². The van der Waals surface area contributed by atoms with E-state index in [0.717, 1.165) is 6.54 Å². The summed E-state index contributed by atoms with van der Waals surface area (Å²) in [5.41, 5.74) is -0.102. The van der Waals surface area contributed by atoms with Crippen LogP contribution in [0.5, 0.6) is 0 Å². The molecule has 1 atom stereocenters. The topological polar surface area (TPSA) is 40.6 Å². The monoisotopic (exact) mass is 282 g/mol. The van der Waals surface area contributed by atoms with Gasteiger partial charge in [0.15, 0.2) is 0 Å². The summed E-state index contributed by atoms with van der Waals surface area (Å²) in [6, 6.07) is 0. The van der Waals surface area contributed by atoms with E-state index in [9.17, 15) is 8.42 Å². The van der Waals surface area contributed by atoms with Crippen LogP contribution >= 0.6 is 11.6 Å². The zero-order chi connectivity index (χ0) is 13.3. The molecular formula is C11H23ClN2O2S. The standard InChI is InChI=1S/C11H23ClN2O2S/c1-10(7-12)8-17(15,16)14-6-5-13(4)11(2,3)9-14/h10H,5-9H2,1-4H3. The Morgan fingerprint density at radius 3 is 2.41 bits per heavy atom. The number of hydrogen-bond acceptors (Lipinski definition) is 3. The molecule has 4 nitrogen and oxygen atoms in total. The lowest BCUT2D eigenvalue weighted by molar-refractivity contribution is 0.0800. The number of alkyl halides is 1. The van der Waals surface area contributed by atoms with Crippen molar-refractivity contribution >= 4 is 21.6 Å². The van der Waals surface area contributed by atoms with Crippen LogP contribution < -0.4 is 0 Å². The second kappa shape index (κ2) is 5.43. The van der Waals surface area contributed by atoms with Crippen molar-refractivity contribution in [2.24, 2.45) is 5.92 Å². The second-order valence-electron chi connectivity index (χ2n) is 5.61. The molecule has 1 saturated heterocycles. The first-order valence-electron chi connectivity index (χ1n) is 5.94. The fourth-order valence-electron chi connectivity index (χ4n) is 1.94. The maximum atomic E-state index is 12.2. The number of hydrogen-bond donors (Lipinski definition) is 0. The van der Waals surface area contributed by atoms with Crippen LogP contribution in [0.3, 0.4) is 0 Å². The molecule has 0 aliphatic carbocycles. The van der Waals surface area contributed by atoms with Gasteiger partial charge in [-0.1, -0.05) is 6.92 Å². The summed E-state index contributed by atoms with van der Waals surface area (Å²) in [4.78, 5) is 2.20. The molecule has 0 saturated carbocycles. The van der Waals surface area contributed by atoms with Crippen LogP contribution in [0, 0.1) is 5.92 Å². The number of nitrogens with zero attached hydrogens (tertiary/aromatic N) is 2. The summed E-state index contributed by atoms with van der Waals surface area (Å²) in [7, 11) is -1.13. The summed E-state index contributed by atoms with van der Waals surface area (Å²) in [6.07, 6.45) is 0. The number of sulfonamides is 1. The minimum Gasteiger partial charge on any atom is -0.299 e. The highest BCUT2D eigenvalue weighted by Crippen LogP contribution is 2.22. The van der Waals surface area contributed by atoms with Crippen LogP contribution in [-0.2, 0) is 10.0 Å². The van der Waals surface area contributed by atoms with Crippen LogP contribution in [-0.4, -0.2) is 61.5 Å². The van der Waals surface area contributed by atoms with Gasteiger partial charge in [-0.25, -0.2) is 8.42 Å². The highest BCUT2D eigenvalue weighted by Gasteiger charge is 2.36. The van der Waals surface area contributed by atoms with Gasteiger partial charge in [0.2, 0.25) is 10.0 Å². The van der Waals surface area contributed by atoms with Gasteiger partial charge in [0.25, 0.3) is 0 Å². The number of likely N-dealkylation sites (N-methyl/N-ethyl adjacent to an activating group) is 1. The number of piperazine rings is 1. The molecule has 0 bridgehead atoms. The van der Waals surface area contributed by atoms with E-state index in [1.165, 1.54) is 0 Å². The van der Waals surface area contributed by atoms with Gasteiger partial charge in [-0.3, -0.25) is 4.90 Å². The largest absolute Gasteiger partial charge is 0.299 e. The van der Waals surface area contributed by atoms with Crippen molar-refractivity contribution in [3.63, 3.8) is 0 Å². The molecule has 0 radical (unpaired) electrons. The first-order valence-corrected chi connectivity index (χ1v) is 8.08. The van der Waals surface area contributed by atoms with E-state index in [4.69, 9.17) is 11.6 Å². The third-order valence-electron chi connectivity index (χ3n) is 3.43. The lowest BCUT2D eigenvalue weighted by Gasteiger charge is -2.44. The zero-order valence-electron chi connectivity index (χ0n) is 11.1. The van der Waals surface area contributed by atoms with Crippen molar-refractivity contribution < 1.29 is 8.42 Å². The Kier molecular flexibility index (Phi) is 4.86. The van der Waals surface area contributed by atoms with Gasteiger partial charge >= 0.3 is 0 Å².